The molecule has 0 heterocycles. The highest BCUT2D eigenvalue weighted by Crippen LogP contribution is 2.23. The Kier molecular flexibility index (Phi) is 13.6. The van der Waals surface area contributed by atoms with Crippen molar-refractivity contribution >= 4 is 6.21 Å². The fourth-order valence-corrected chi connectivity index (χ4v) is 2.48. The van der Waals surface area contributed by atoms with E-state index in [1.807, 2.05) is 31.2 Å². The van der Waals surface area contributed by atoms with Gasteiger partial charge in [-0.2, -0.15) is 5.26 Å². The van der Waals surface area contributed by atoms with Gasteiger partial charge in [0.2, 0.25) is 0 Å². The van der Waals surface area contributed by atoms with Crippen LogP contribution < -0.4 is 5.73 Å². The molecule has 0 spiro atoms. The minimum Gasteiger partial charge on any atom is -0.495 e. The van der Waals surface area contributed by atoms with Crippen LogP contribution in [0.3, 0.4) is 0 Å². The average molecular weight is 398 g/mol. The summed E-state index contributed by atoms with van der Waals surface area (Å²) in [6.07, 6.45) is 12.8. The Bertz CT molecular complexity index is 755. The molecule has 0 aliphatic carbocycles. The lowest BCUT2D eigenvalue weighted by Gasteiger charge is -2.17. The Balaban J connectivity index is 6.04. The Morgan fingerprint density at radius 3 is 2.41 bits per heavy atom. The zero-order valence-electron chi connectivity index (χ0n) is 18.7. The lowest BCUT2D eigenvalue weighted by atomic mass is 9.95. The van der Waals surface area contributed by atoms with E-state index in [-0.39, 0.29) is 6.10 Å². The van der Waals surface area contributed by atoms with Crippen molar-refractivity contribution in [1.82, 2.24) is 0 Å². The first kappa shape index (κ1) is 26.2. The van der Waals surface area contributed by atoms with Crippen LogP contribution in [-0.2, 0) is 9.47 Å². The van der Waals surface area contributed by atoms with Crippen molar-refractivity contribution in [2.75, 3.05) is 20.8 Å². The predicted octanol–water partition coefficient (Wildman–Crippen LogP) is 5.16. The highest BCUT2D eigenvalue weighted by atomic mass is 16.5. The molecule has 1 unspecified atom stereocenters. The standard InChI is InChI=1S/C24H35N3O2/c1-8-23(12-14-28-7)29-21(5)9-10-22(15-18(2)17-25)24(11-13-27-6)19(3)16-20(4)26/h9-11,13,15-16,23H,3,8,12,14,26H2,1-2,4-7H3/b18-15+,20-16-,21-9+,22-10+,24-11-,27-13?. The molecule has 0 fully saturated rings. The Labute approximate surface area is 176 Å². The van der Waals surface area contributed by atoms with Gasteiger partial charge in [-0.05, 0) is 68.2 Å². The van der Waals surface area contributed by atoms with Crippen LogP contribution in [0.25, 0.3) is 0 Å². The number of ether oxygens (including phenoxy) is 2. The summed E-state index contributed by atoms with van der Waals surface area (Å²) in [6, 6.07) is 2.16. The summed E-state index contributed by atoms with van der Waals surface area (Å²) < 4.78 is 11.2. The fourth-order valence-electron chi connectivity index (χ4n) is 2.48. The van der Waals surface area contributed by atoms with E-state index in [0.717, 1.165) is 35.3 Å². The highest BCUT2D eigenvalue weighted by Gasteiger charge is 2.09. The number of allylic oxidation sites excluding steroid dienone is 11. The first-order chi connectivity index (χ1) is 13.8. The summed E-state index contributed by atoms with van der Waals surface area (Å²) in [5, 5.41) is 9.24. The number of rotatable bonds is 12. The molecule has 0 radical (unpaired) electrons. The maximum atomic E-state index is 9.24. The van der Waals surface area contributed by atoms with Gasteiger partial charge in [-0.15, -0.1) is 0 Å². The van der Waals surface area contributed by atoms with Gasteiger partial charge in [0.15, 0.2) is 0 Å². The van der Waals surface area contributed by atoms with Crippen LogP contribution in [0.15, 0.2) is 75.7 Å². The maximum Gasteiger partial charge on any atom is 0.100 e. The van der Waals surface area contributed by atoms with Gasteiger partial charge in [0.05, 0.1) is 11.8 Å². The second-order valence-electron chi connectivity index (χ2n) is 6.67. The van der Waals surface area contributed by atoms with E-state index in [9.17, 15) is 5.26 Å². The molecule has 0 amide bonds. The van der Waals surface area contributed by atoms with E-state index in [0.29, 0.717) is 17.9 Å². The topological polar surface area (TPSA) is 80.6 Å². The molecule has 0 saturated heterocycles. The van der Waals surface area contributed by atoms with Crippen LogP contribution in [0.1, 0.15) is 40.5 Å². The molecular formula is C24H35N3O2. The molecular weight excluding hydrogens is 362 g/mol. The van der Waals surface area contributed by atoms with Gasteiger partial charge in [0.25, 0.3) is 0 Å². The zero-order chi connectivity index (χ0) is 22.2. The number of nitriles is 1. The summed E-state index contributed by atoms with van der Waals surface area (Å²) in [4.78, 5) is 4.03. The van der Waals surface area contributed by atoms with Gasteiger partial charge in [-0.3, -0.25) is 4.99 Å². The molecule has 0 rings (SSSR count). The largest absolute Gasteiger partial charge is 0.495 e. The Morgan fingerprint density at radius 2 is 1.90 bits per heavy atom. The zero-order valence-corrected chi connectivity index (χ0v) is 18.7. The van der Waals surface area contributed by atoms with Crippen molar-refractivity contribution in [1.29, 1.82) is 5.26 Å². The van der Waals surface area contributed by atoms with Gasteiger partial charge >= 0.3 is 0 Å². The highest BCUT2D eigenvalue weighted by molar-refractivity contribution is 5.77. The summed E-state index contributed by atoms with van der Waals surface area (Å²) in [5.41, 5.74) is 9.43. The third kappa shape index (κ3) is 11.6. The van der Waals surface area contributed by atoms with Crippen molar-refractivity contribution in [2.24, 2.45) is 10.7 Å². The Hall–Kier alpha value is -2.84. The number of aliphatic imine (C=N–C) groups is 1. The van der Waals surface area contributed by atoms with Crippen molar-refractivity contribution < 1.29 is 9.47 Å². The number of nitrogens with two attached hydrogens (primary N) is 1. The number of nitrogens with zero attached hydrogens (tertiary/aromatic N) is 2. The van der Waals surface area contributed by atoms with Crippen LogP contribution in [-0.4, -0.2) is 33.1 Å². The van der Waals surface area contributed by atoms with Crippen LogP contribution in [0.4, 0.5) is 0 Å². The lowest BCUT2D eigenvalue weighted by molar-refractivity contribution is 0.0745. The lowest BCUT2D eigenvalue weighted by Crippen LogP contribution is -2.13. The summed E-state index contributed by atoms with van der Waals surface area (Å²) >= 11 is 0. The first-order valence-electron chi connectivity index (χ1n) is 9.67. The molecule has 0 saturated carbocycles. The van der Waals surface area contributed by atoms with Gasteiger partial charge in [-0.25, -0.2) is 0 Å². The van der Waals surface area contributed by atoms with Gasteiger partial charge in [0, 0.05) is 44.7 Å². The van der Waals surface area contributed by atoms with E-state index in [1.54, 1.807) is 40.3 Å². The fraction of sp³-hybridized carbons (Fsp3) is 0.417. The van der Waals surface area contributed by atoms with Gasteiger partial charge in [0.1, 0.15) is 6.10 Å². The van der Waals surface area contributed by atoms with Crippen LogP contribution in [0.5, 0.6) is 0 Å². The molecule has 0 aromatic carbocycles. The molecule has 0 aromatic rings. The summed E-state index contributed by atoms with van der Waals surface area (Å²) in [7, 11) is 3.38. The summed E-state index contributed by atoms with van der Waals surface area (Å²) in [5.74, 6) is 0.785. The predicted molar refractivity (Wildman–Crippen MR) is 122 cm³/mol. The average Bonchev–Trinajstić information content (AvgIpc) is 2.68. The minimum absolute atomic E-state index is 0.0967. The van der Waals surface area contributed by atoms with E-state index in [1.165, 1.54) is 0 Å². The van der Waals surface area contributed by atoms with E-state index in [4.69, 9.17) is 15.2 Å². The molecule has 1 atom stereocenters. The Morgan fingerprint density at radius 1 is 1.21 bits per heavy atom. The quantitative estimate of drug-likeness (QED) is 0.213. The monoisotopic (exact) mass is 397 g/mol. The molecule has 5 nitrogen and oxygen atoms in total. The molecule has 0 aliphatic rings. The van der Waals surface area contributed by atoms with Crippen molar-refractivity contribution in [2.45, 2.75) is 46.6 Å². The SMILES string of the molecule is C=C(/C=C(/C)N)C(=C/C=NC)/C(/C=C(\C)C#N)=C/C=C(\C)OC(CC)CCOC. The van der Waals surface area contributed by atoms with Crippen LogP contribution >= 0.6 is 0 Å². The van der Waals surface area contributed by atoms with Crippen molar-refractivity contribution in [3.05, 3.63) is 70.7 Å². The minimum atomic E-state index is 0.0967. The smallest absolute Gasteiger partial charge is 0.100 e. The maximum absolute atomic E-state index is 9.24. The van der Waals surface area contributed by atoms with Crippen LogP contribution in [0.2, 0.25) is 0 Å². The molecule has 0 aromatic heterocycles. The van der Waals surface area contributed by atoms with E-state index >= 15 is 0 Å². The number of hydrogen-bond acceptors (Lipinski definition) is 5. The van der Waals surface area contributed by atoms with Crippen molar-refractivity contribution in [3.8, 4) is 6.07 Å². The molecule has 0 aliphatic heterocycles. The van der Waals surface area contributed by atoms with Gasteiger partial charge in [-0.1, -0.05) is 19.6 Å². The number of hydrogen-bond donors (Lipinski definition) is 1. The first-order valence-corrected chi connectivity index (χ1v) is 9.67. The van der Waals surface area contributed by atoms with E-state index in [2.05, 4.69) is 24.6 Å². The number of methoxy groups -OCH3 is 1. The normalized spacial score (nSPS) is 15.4. The third-order valence-corrected chi connectivity index (χ3v) is 3.95. The van der Waals surface area contributed by atoms with Crippen molar-refractivity contribution in [3.63, 3.8) is 0 Å². The second-order valence-corrected chi connectivity index (χ2v) is 6.67. The van der Waals surface area contributed by atoms with Crippen LogP contribution in [0, 0.1) is 11.3 Å². The molecule has 0 bridgehead atoms. The second kappa shape index (κ2) is 15.1. The van der Waals surface area contributed by atoms with E-state index < -0.39 is 0 Å². The molecule has 5 heteroatoms. The molecule has 29 heavy (non-hydrogen) atoms. The third-order valence-electron chi connectivity index (χ3n) is 3.95. The van der Waals surface area contributed by atoms with Gasteiger partial charge < -0.3 is 15.2 Å². The molecule has 158 valence electrons. The molecule has 2 N–H and O–H groups in total. The summed E-state index contributed by atoms with van der Waals surface area (Å²) in [6.45, 7) is 12.3.